The van der Waals surface area contributed by atoms with Crippen LogP contribution in [0.1, 0.15) is 13.3 Å². The van der Waals surface area contributed by atoms with Crippen LogP contribution in [0.2, 0.25) is 0 Å². The summed E-state index contributed by atoms with van der Waals surface area (Å²) in [6.07, 6.45) is 1.08. The van der Waals surface area contributed by atoms with Crippen LogP contribution in [-0.4, -0.2) is 37.8 Å². The SMILES string of the molecule is CNc1cc(N(C)C2CCOC2C)cc([N+](=O)[O-])c1. The maximum atomic E-state index is 11.0. The van der Waals surface area contributed by atoms with Gasteiger partial charge in [-0.3, -0.25) is 10.1 Å². The third-order valence-electron chi connectivity index (χ3n) is 3.64. The lowest BCUT2D eigenvalue weighted by Gasteiger charge is -2.29. The quantitative estimate of drug-likeness (QED) is 0.668. The van der Waals surface area contributed by atoms with Gasteiger partial charge in [-0.1, -0.05) is 0 Å². The van der Waals surface area contributed by atoms with E-state index in [1.165, 1.54) is 6.07 Å². The summed E-state index contributed by atoms with van der Waals surface area (Å²) in [5.74, 6) is 0. The summed E-state index contributed by atoms with van der Waals surface area (Å²) in [6.45, 7) is 2.77. The number of nitro benzene ring substituents is 1. The Morgan fingerprint density at radius 3 is 2.74 bits per heavy atom. The first kappa shape index (κ1) is 13.6. The van der Waals surface area contributed by atoms with Crippen molar-refractivity contribution in [2.45, 2.75) is 25.5 Å². The molecule has 19 heavy (non-hydrogen) atoms. The van der Waals surface area contributed by atoms with Crippen molar-refractivity contribution < 1.29 is 9.66 Å². The summed E-state index contributed by atoms with van der Waals surface area (Å²) in [4.78, 5) is 12.7. The fourth-order valence-electron chi connectivity index (χ4n) is 2.47. The van der Waals surface area contributed by atoms with Crippen molar-refractivity contribution in [2.24, 2.45) is 0 Å². The van der Waals surface area contributed by atoms with Gasteiger partial charge in [0.2, 0.25) is 0 Å². The monoisotopic (exact) mass is 265 g/mol. The molecule has 0 amide bonds. The zero-order valence-electron chi connectivity index (χ0n) is 11.4. The minimum absolute atomic E-state index is 0.0975. The Hall–Kier alpha value is -1.82. The molecule has 1 fully saturated rings. The van der Waals surface area contributed by atoms with E-state index in [0.29, 0.717) is 0 Å². The number of nitro groups is 1. The minimum Gasteiger partial charge on any atom is -0.388 e. The first-order chi connectivity index (χ1) is 9.02. The van der Waals surface area contributed by atoms with Crippen molar-refractivity contribution >= 4 is 17.1 Å². The van der Waals surface area contributed by atoms with Gasteiger partial charge in [-0.05, 0) is 19.4 Å². The van der Waals surface area contributed by atoms with E-state index in [0.717, 1.165) is 24.4 Å². The fourth-order valence-corrected chi connectivity index (χ4v) is 2.47. The predicted molar refractivity (Wildman–Crippen MR) is 74.9 cm³/mol. The van der Waals surface area contributed by atoms with Crippen molar-refractivity contribution in [3.63, 3.8) is 0 Å². The Bertz CT molecular complexity index is 478. The molecule has 104 valence electrons. The van der Waals surface area contributed by atoms with E-state index in [1.54, 1.807) is 13.1 Å². The van der Waals surface area contributed by atoms with Crippen molar-refractivity contribution in [2.75, 3.05) is 30.9 Å². The largest absolute Gasteiger partial charge is 0.388 e. The lowest BCUT2D eigenvalue weighted by atomic mass is 10.1. The molecule has 1 aliphatic rings. The van der Waals surface area contributed by atoms with Gasteiger partial charge in [0.1, 0.15) is 0 Å². The number of nitrogens with one attached hydrogen (secondary N) is 1. The van der Waals surface area contributed by atoms with Gasteiger partial charge in [0.15, 0.2) is 0 Å². The molecule has 0 saturated carbocycles. The number of rotatable bonds is 4. The zero-order chi connectivity index (χ0) is 14.0. The van der Waals surface area contributed by atoms with Crippen LogP contribution in [0.5, 0.6) is 0 Å². The van der Waals surface area contributed by atoms with Crippen LogP contribution < -0.4 is 10.2 Å². The molecule has 2 atom stereocenters. The van der Waals surface area contributed by atoms with Gasteiger partial charge in [0.05, 0.1) is 17.1 Å². The van der Waals surface area contributed by atoms with E-state index in [9.17, 15) is 10.1 Å². The van der Waals surface area contributed by atoms with Crippen LogP contribution in [0.15, 0.2) is 18.2 Å². The van der Waals surface area contributed by atoms with E-state index >= 15 is 0 Å². The van der Waals surface area contributed by atoms with Crippen molar-refractivity contribution in [1.82, 2.24) is 0 Å². The number of hydrogen-bond acceptors (Lipinski definition) is 5. The first-order valence-electron chi connectivity index (χ1n) is 6.34. The van der Waals surface area contributed by atoms with Crippen molar-refractivity contribution in [3.05, 3.63) is 28.3 Å². The van der Waals surface area contributed by atoms with Crippen LogP contribution in [0.25, 0.3) is 0 Å². The van der Waals surface area contributed by atoms with Gasteiger partial charge in [-0.2, -0.15) is 0 Å². The Labute approximate surface area is 112 Å². The molecule has 0 aromatic heterocycles. The molecule has 0 aliphatic carbocycles. The molecule has 0 bridgehead atoms. The molecule has 1 aromatic carbocycles. The molecule has 1 N–H and O–H groups in total. The molecule has 6 nitrogen and oxygen atoms in total. The fraction of sp³-hybridized carbons (Fsp3) is 0.538. The van der Waals surface area contributed by atoms with Gasteiger partial charge in [0, 0.05) is 44.2 Å². The number of hydrogen-bond donors (Lipinski definition) is 1. The number of likely N-dealkylation sites (N-methyl/N-ethyl adjacent to an activating group) is 1. The highest BCUT2D eigenvalue weighted by molar-refractivity contribution is 5.64. The molecule has 6 heteroatoms. The molecule has 0 radical (unpaired) electrons. The highest BCUT2D eigenvalue weighted by atomic mass is 16.6. The normalized spacial score (nSPS) is 22.3. The molecule has 2 rings (SSSR count). The van der Waals surface area contributed by atoms with E-state index in [1.807, 2.05) is 20.0 Å². The summed E-state index contributed by atoms with van der Waals surface area (Å²) >= 11 is 0. The van der Waals surface area contributed by atoms with E-state index < -0.39 is 0 Å². The third kappa shape index (κ3) is 2.78. The average molecular weight is 265 g/mol. The van der Waals surface area contributed by atoms with Crippen LogP contribution in [0, 0.1) is 10.1 Å². The number of non-ortho nitro benzene ring substituents is 1. The maximum absolute atomic E-state index is 11.0. The topological polar surface area (TPSA) is 67.6 Å². The van der Waals surface area contributed by atoms with Gasteiger partial charge in [0.25, 0.3) is 5.69 Å². The van der Waals surface area contributed by atoms with Crippen molar-refractivity contribution in [3.8, 4) is 0 Å². The summed E-state index contributed by atoms with van der Waals surface area (Å²) in [5, 5.41) is 13.9. The molecule has 1 aliphatic heterocycles. The maximum Gasteiger partial charge on any atom is 0.273 e. The summed E-state index contributed by atoms with van der Waals surface area (Å²) in [7, 11) is 3.71. The van der Waals surface area contributed by atoms with Gasteiger partial charge < -0.3 is 15.0 Å². The molecular formula is C13H19N3O3. The Kier molecular flexibility index (Phi) is 3.90. The molecule has 1 aromatic rings. The summed E-state index contributed by atoms with van der Waals surface area (Å²) < 4.78 is 5.55. The molecular weight excluding hydrogens is 246 g/mol. The van der Waals surface area contributed by atoms with Crippen LogP contribution in [0.3, 0.4) is 0 Å². The number of ether oxygens (including phenoxy) is 1. The first-order valence-corrected chi connectivity index (χ1v) is 6.34. The zero-order valence-corrected chi connectivity index (χ0v) is 11.4. The molecule has 2 unspecified atom stereocenters. The lowest BCUT2D eigenvalue weighted by molar-refractivity contribution is -0.384. The minimum atomic E-state index is -0.368. The number of anilines is 2. The summed E-state index contributed by atoms with van der Waals surface area (Å²) in [5.41, 5.74) is 1.67. The lowest BCUT2D eigenvalue weighted by Crippen LogP contribution is -2.36. The highest BCUT2D eigenvalue weighted by Crippen LogP contribution is 2.30. The number of benzene rings is 1. The van der Waals surface area contributed by atoms with Gasteiger partial charge in [-0.25, -0.2) is 0 Å². The van der Waals surface area contributed by atoms with E-state index in [4.69, 9.17) is 4.74 Å². The second-order valence-corrected chi connectivity index (χ2v) is 4.79. The summed E-state index contributed by atoms with van der Waals surface area (Å²) in [6, 6.07) is 5.31. The smallest absolute Gasteiger partial charge is 0.273 e. The Balaban J connectivity index is 2.32. The predicted octanol–water partition coefficient (Wildman–Crippen LogP) is 2.25. The van der Waals surface area contributed by atoms with E-state index in [2.05, 4.69) is 10.2 Å². The molecule has 0 spiro atoms. The van der Waals surface area contributed by atoms with Crippen LogP contribution in [0.4, 0.5) is 17.1 Å². The average Bonchev–Trinajstić information content (AvgIpc) is 2.83. The van der Waals surface area contributed by atoms with E-state index in [-0.39, 0.29) is 22.8 Å². The van der Waals surface area contributed by atoms with Gasteiger partial charge in [-0.15, -0.1) is 0 Å². The standard InChI is InChI=1S/C13H19N3O3/c1-9-13(4-5-19-9)15(3)11-6-10(14-2)7-12(8-11)16(17)18/h6-9,13-14H,4-5H2,1-3H3. The Morgan fingerprint density at radius 2 is 2.21 bits per heavy atom. The van der Waals surface area contributed by atoms with Gasteiger partial charge >= 0.3 is 0 Å². The third-order valence-corrected chi connectivity index (χ3v) is 3.64. The van der Waals surface area contributed by atoms with Crippen LogP contribution >= 0.6 is 0 Å². The Morgan fingerprint density at radius 1 is 1.47 bits per heavy atom. The molecule has 1 saturated heterocycles. The second-order valence-electron chi connectivity index (χ2n) is 4.79. The van der Waals surface area contributed by atoms with Crippen LogP contribution in [-0.2, 0) is 4.74 Å². The van der Waals surface area contributed by atoms with Crippen molar-refractivity contribution in [1.29, 1.82) is 0 Å². The molecule has 1 heterocycles. The second kappa shape index (κ2) is 5.44. The highest BCUT2D eigenvalue weighted by Gasteiger charge is 2.28. The number of nitrogens with zero attached hydrogens (tertiary/aromatic N) is 2.